The molecular formula is C12H15Br2NO3S. The lowest BCUT2D eigenvalue weighted by atomic mass is 10.2. The van der Waals surface area contributed by atoms with E-state index in [0.717, 1.165) is 4.47 Å². The van der Waals surface area contributed by atoms with Gasteiger partial charge in [0.15, 0.2) is 0 Å². The molecule has 0 bridgehead atoms. The summed E-state index contributed by atoms with van der Waals surface area (Å²) in [6.07, 6.45) is -0.0831. The lowest BCUT2D eigenvalue weighted by Crippen LogP contribution is -2.50. The minimum Gasteiger partial charge on any atom is -0.375 e. The summed E-state index contributed by atoms with van der Waals surface area (Å²) < 4.78 is 33.8. The zero-order chi connectivity index (χ0) is 14.2. The Morgan fingerprint density at radius 2 is 2.00 bits per heavy atom. The molecule has 1 aromatic rings. The number of sulfonamides is 1. The average Bonchev–Trinajstić information content (AvgIpc) is 2.31. The lowest BCUT2D eigenvalue weighted by Gasteiger charge is -2.35. The molecule has 0 N–H and O–H groups in total. The summed E-state index contributed by atoms with van der Waals surface area (Å²) in [5.74, 6) is 0. The third kappa shape index (κ3) is 3.21. The zero-order valence-electron chi connectivity index (χ0n) is 10.6. The number of rotatable bonds is 2. The minimum atomic E-state index is -3.51. The molecule has 0 radical (unpaired) electrons. The van der Waals surface area contributed by atoms with Crippen LogP contribution >= 0.6 is 31.9 Å². The van der Waals surface area contributed by atoms with Crippen molar-refractivity contribution in [2.45, 2.75) is 30.9 Å². The van der Waals surface area contributed by atoms with Crippen LogP contribution in [-0.2, 0) is 14.8 Å². The molecule has 19 heavy (non-hydrogen) atoms. The highest BCUT2D eigenvalue weighted by atomic mass is 79.9. The van der Waals surface area contributed by atoms with Crippen LogP contribution in [0.15, 0.2) is 32.0 Å². The molecule has 2 rings (SSSR count). The molecule has 1 fully saturated rings. The van der Waals surface area contributed by atoms with Gasteiger partial charge in [-0.15, -0.1) is 0 Å². The van der Waals surface area contributed by atoms with Gasteiger partial charge in [0.05, 0.1) is 17.6 Å². The third-order valence-corrected chi connectivity index (χ3v) is 6.48. The van der Waals surface area contributed by atoms with E-state index in [1.165, 1.54) is 4.31 Å². The number of nitrogens with zero attached hydrogens (tertiary/aromatic N) is 1. The van der Waals surface area contributed by atoms with Crippen molar-refractivity contribution in [1.82, 2.24) is 4.31 Å². The first kappa shape index (κ1) is 15.4. The van der Waals surface area contributed by atoms with E-state index in [1.807, 2.05) is 13.8 Å². The molecule has 2 unspecified atom stereocenters. The van der Waals surface area contributed by atoms with Gasteiger partial charge in [0.1, 0.15) is 0 Å². The van der Waals surface area contributed by atoms with E-state index >= 15 is 0 Å². The van der Waals surface area contributed by atoms with Crippen molar-refractivity contribution in [3.05, 3.63) is 27.1 Å². The molecule has 4 nitrogen and oxygen atoms in total. The molecule has 0 amide bonds. The van der Waals surface area contributed by atoms with E-state index in [-0.39, 0.29) is 17.0 Å². The molecule has 1 aromatic carbocycles. The molecule has 0 saturated carbocycles. The molecule has 0 spiro atoms. The normalized spacial score (nSPS) is 25.5. The van der Waals surface area contributed by atoms with Crippen LogP contribution < -0.4 is 0 Å². The van der Waals surface area contributed by atoms with Gasteiger partial charge in [-0.2, -0.15) is 4.31 Å². The summed E-state index contributed by atoms with van der Waals surface area (Å²) in [6, 6.07) is 4.92. The van der Waals surface area contributed by atoms with Crippen molar-refractivity contribution >= 4 is 41.9 Å². The van der Waals surface area contributed by atoms with Crippen LogP contribution in [0, 0.1) is 0 Å². The maximum atomic E-state index is 12.7. The Morgan fingerprint density at radius 3 is 2.63 bits per heavy atom. The summed E-state index contributed by atoms with van der Waals surface area (Å²) in [4.78, 5) is 0.289. The highest BCUT2D eigenvalue weighted by Crippen LogP contribution is 2.30. The van der Waals surface area contributed by atoms with Crippen LogP contribution in [-0.4, -0.2) is 38.0 Å². The fraction of sp³-hybridized carbons (Fsp3) is 0.500. The quantitative estimate of drug-likeness (QED) is 0.749. The summed E-state index contributed by atoms with van der Waals surface area (Å²) in [7, 11) is -3.51. The van der Waals surface area contributed by atoms with Crippen molar-refractivity contribution in [2.75, 3.05) is 13.2 Å². The van der Waals surface area contributed by atoms with E-state index in [0.29, 0.717) is 17.6 Å². The first-order valence-electron chi connectivity index (χ1n) is 5.91. The Bertz CT molecular complexity index is 576. The van der Waals surface area contributed by atoms with E-state index in [9.17, 15) is 8.42 Å². The monoisotopic (exact) mass is 411 g/mol. The van der Waals surface area contributed by atoms with Gasteiger partial charge in [-0.25, -0.2) is 8.42 Å². The molecular weight excluding hydrogens is 398 g/mol. The Kier molecular flexibility index (Phi) is 4.72. The van der Waals surface area contributed by atoms with Crippen LogP contribution in [0.1, 0.15) is 13.8 Å². The first-order valence-corrected chi connectivity index (χ1v) is 8.93. The van der Waals surface area contributed by atoms with Crippen LogP contribution in [0.5, 0.6) is 0 Å². The van der Waals surface area contributed by atoms with Gasteiger partial charge in [0.25, 0.3) is 0 Å². The van der Waals surface area contributed by atoms with E-state index in [2.05, 4.69) is 31.9 Å². The number of morpholine rings is 1. The van der Waals surface area contributed by atoms with Crippen molar-refractivity contribution < 1.29 is 13.2 Å². The number of benzene rings is 1. The van der Waals surface area contributed by atoms with Crippen LogP contribution in [0.25, 0.3) is 0 Å². The molecule has 1 aliphatic heterocycles. The highest BCUT2D eigenvalue weighted by molar-refractivity contribution is 9.11. The number of hydrogen-bond donors (Lipinski definition) is 0. The standard InChI is InChI=1S/C12H15Br2NO3S/c1-8-7-18-9(2)6-15(8)19(16,17)12-4-3-10(13)5-11(12)14/h3-5,8-9H,6-7H2,1-2H3. The number of halogens is 2. The van der Waals surface area contributed by atoms with Crippen molar-refractivity contribution in [3.8, 4) is 0 Å². The van der Waals surface area contributed by atoms with Gasteiger partial charge in [-0.05, 0) is 48.0 Å². The van der Waals surface area contributed by atoms with Crippen molar-refractivity contribution in [2.24, 2.45) is 0 Å². The van der Waals surface area contributed by atoms with Gasteiger partial charge in [0.2, 0.25) is 10.0 Å². The van der Waals surface area contributed by atoms with Crippen molar-refractivity contribution in [1.29, 1.82) is 0 Å². The SMILES string of the molecule is CC1CN(S(=O)(=O)c2ccc(Br)cc2Br)C(C)CO1. The van der Waals surface area contributed by atoms with Crippen LogP contribution in [0.2, 0.25) is 0 Å². The first-order chi connectivity index (χ1) is 8.82. The summed E-state index contributed by atoms with van der Waals surface area (Å²) >= 11 is 6.64. The highest BCUT2D eigenvalue weighted by Gasteiger charge is 2.35. The molecule has 106 valence electrons. The van der Waals surface area contributed by atoms with Crippen LogP contribution in [0.3, 0.4) is 0 Å². The van der Waals surface area contributed by atoms with E-state index in [4.69, 9.17) is 4.74 Å². The lowest BCUT2D eigenvalue weighted by molar-refractivity contribution is -0.0170. The molecule has 1 aliphatic rings. The maximum Gasteiger partial charge on any atom is 0.244 e. The zero-order valence-corrected chi connectivity index (χ0v) is 14.6. The summed E-state index contributed by atoms with van der Waals surface area (Å²) in [5.41, 5.74) is 0. The van der Waals surface area contributed by atoms with Gasteiger partial charge >= 0.3 is 0 Å². The predicted molar refractivity (Wildman–Crippen MR) is 80.6 cm³/mol. The smallest absolute Gasteiger partial charge is 0.244 e. The maximum absolute atomic E-state index is 12.7. The van der Waals surface area contributed by atoms with Gasteiger partial charge < -0.3 is 4.74 Å². The molecule has 2 atom stereocenters. The Balaban J connectivity index is 2.41. The Morgan fingerprint density at radius 1 is 1.32 bits per heavy atom. The molecule has 7 heteroatoms. The number of ether oxygens (including phenoxy) is 1. The predicted octanol–water partition coefficient (Wildman–Crippen LogP) is 3.01. The van der Waals surface area contributed by atoms with Gasteiger partial charge in [-0.3, -0.25) is 0 Å². The Hall–Kier alpha value is 0.0500. The van der Waals surface area contributed by atoms with Gasteiger partial charge in [0, 0.05) is 21.5 Å². The molecule has 0 aromatic heterocycles. The molecule has 1 heterocycles. The van der Waals surface area contributed by atoms with Crippen LogP contribution in [0.4, 0.5) is 0 Å². The summed E-state index contributed by atoms with van der Waals surface area (Å²) in [5, 5.41) is 0. The van der Waals surface area contributed by atoms with Crippen molar-refractivity contribution in [3.63, 3.8) is 0 Å². The average molecular weight is 413 g/mol. The second-order valence-corrected chi connectivity index (χ2v) is 8.27. The third-order valence-electron chi connectivity index (χ3n) is 3.03. The largest absolute Gasteiger partial charge is 0.375 e. The molecule has 0 aliphatic carbocycles. The fourth-order valence-electron chi connectivity index (χ4n) is 2.02. The summed E-state index contributed by atoms with van der Waals surface area (Å²) in [6.45, 7) is 4.54. The van der Waals surface area contributed by atoms with E-state index < -0.39 is 10.0 Å². The fourth-order valence-corrected chi connectivity index (χ4v) is 5.42. The molecule has 1 saturated heterocycles. The number of hydrogen-bond acceptors (Lipinski definition) is 3. The minimum absolute atomic E-state index is 0.0831. The van der Waals surface area contributed by atoms with Gasteiger partial charge in [-0.1, -0.05) is 15.9 Å². The second kappa shape index (κ2) is 5.81. The topological polar surface area (TPSA) is 46.6 Å². The Labute approximate surface area is 130 Å². The second-order valence-electron chi connectivity index (χ2n) is 4.64. The van der Waals surface area contributed by atoms with E-state index in [1.54, 1.807) is 18.2 Å².